The Morgan fingerprint density at radius 2 is 2.00 bits per heavy atom. The molecule has 4 rings (SSSR count). The molecule has 35 heavy (non-hydrogen) atoms. The van der Waals surface area contributed by atoms with Gasteiger partial charge in [-0.1, -0.05) is 25.1 Å². The van der Waals surface area contributed by atoms with Gasteiger partial charge in [0.05, 0.1) is 12.3 Å². The Balaban J connectivity index is 1.72. The number of pyridine rings is 2. The lowest BCUT2D eigenvalue weighted by atomic mass is 10.0. The van der Waals surface area contributed by atoms with Crippen molar-refractivity contribution in [3.05, 3.63) is 72.8 Å². The summed E-state index contributed by atoms with van der Waals surface area (Å²) in [5.41, 5.74) is 2.64. The van der Waals surface area contributed by atoms with E-state index < -0.39 is 16.1 Å². The van der Waals surface area contributed by atoms with E-state index in [0.29, 0.717) is 18.8 Å². The third kappa shape index (κ3) is 5.70. The molecule has 0 spiro atoms. The quantitative estimate of drug-likeness (QED) is 0.537. The summed E-state index contributed by atoms with van der Waals surface area (Å²) in [5.74, 6) is 0.185. The van der Waals surface area contributed by atoms with Crippen molar-refractivity contribution in [3.63, 3.8) is 0 Å². The summed E-state index contributed by atoms with van der Waals surface area (Å²) in [6, 6.07) is 14.2. The maximum absolute atomic E-state index is 13.6. The molecule has 3 heterocycles. The number of aromatic nitrogens is 2. The topological polar surface area (TPSA) is 95.9 Å². The second kappa shape index (κ2) is 10.8. The fourth-order valence-electron chi connectivity index (χ4n) is 4.30. The molecule has 0 amide bonds. The standard InChI is InChI=1S/C26H32N4O4S/c1-19-15-30(20(2)18-31)35(32,33)26-10-9-21(22-7-6-11-27-14-22)13-24(26)34-25(19)17-29(3)16-23-8-4-5-12-28-23/h4-14,19-20,25,31H,15-18H2,1-3H3/t19-,20-,25-/m0/s1. The number of hydrogen-bond acceptors (Lipinski definition) is 7. The van der Waals surface area contributed by atoms with Crippen LogP contribution in [0.3, 0.4) is 0 Å². The lowest BCUT2D eigenvalue weighted by Crippen LogP contribution is -2.49. The minimum atomic E-state index is -3.88. The van der Waals surface area contributed by atoms with Crippen LogP contribution in [0.25, 0.3) is 11.1 Å². The van der Waals surface area contributed by atoms with Crippen molar-refractivity contribution in [2.24, 2.45) is 5.92 Å². The Kier molecular flexibility index (Phi) is 7.81. The zero-order valence-corrected chi connectivity index (χ0v) is 21.1. The van der Waals surface area contributed by atoms with Crippen LogP contribution in [0.2, 0.25) is 0 Å². The molecule has 3 atom stereocenters. The molecule has 0 saturated heterocycles. The molecule has 186 valence electrons. The average Bonchev–Trinajstić information content (AvgIpc) is 2.86. The van der Waals surface area contributed by atoms with Crippen molar-refractivity contribution in [3.8, 4) is 16.9 Å². The van der Waals surface area contributed by atoms with E-state index in [4.69, 9.17) is 4.74 Å². The molecule has 1 N–H and O–H groups in total. The van der Waals surface area contributed by atoms with E-state index in [0.717, 1.165) is 16.8 Å². The van der Waals surface area contributed by atoms with Crippen LogP contribution >= 0.6 is 0 Å². The Hall–Kier alpha value is -2.85. The van der Waals surface area contributed by atoms with Crippen LogP contribution in [0.5, 0.6) is 5.75 Å². The van der Waals surface area contributed by atoms with Gasteiger partial charge in [-0.3, -0.25) is 14.9 Å². The van der Waals surface area contributed by atoms with Gasteiger partial charge in [-0.05, 0) is 49.9 Å². The third-order valence-electron chi connectivity index (χ3n) is 6.31. The Morgan fingerprint density at radius 1 is 1.17 bits per heavy atom. The van der Waals surface area contributed by atoms with Gasteiger partial charge in [0, 0.05) is 55.7 Å². The number of hydrogen-bond donors (Lipinski definition) is 1. The smallest absolute Gasteiger partial charge is 0.247 e. The van der Waals surface area contributed by atoms with Crippen LogP contribution in [0.1, 0.15) is 19.5 Å². The molecule has 0 saturated carbocycles. The molecular weight excluding hydrogens is 464 g/mol. The number of benzene rings is 1. The van der Waals surface area contributed by atoms with Crippen LogP contribution in [-0.2, 0) is 16.6 Å². The van der Waals surface area contributed by atoms with Gasteiger partial charge >= 0.3 is 0 Å². The molecule has 0 unspecified atom stereocenters. The summed E-state index contributed by atoms with van der Waals surface area (Å²) >= 11 is 0. The normalized spacial score (nSPS) is 20.9. The SMILES string of the molecule is C[C@H]1CN([C@@H](C)CO)S(=O)(=O)c2ccc(-c3cccnc3)cc2O[C@H]1CN(C)Cc1ccccn1. The Labute approximate surface area is 207 Å². The van der Waals surface area contributed by atoms with Gasteiger partial charge < -0.3 is 9.84 Å². The molecule has 1 aliphatic heterocycles. The van der Waals surface area contributed by atoms with Crippen LogP contribution in [0, 0.1) is 5.92 Å². The number of sulfonamides is 1. The lowest BCUT2D eigenvalue weighted by Gasteiger charge is -2.37. The van der Waals surface area contributed by atoms with Gasteiger partial charge in [-0.25, -0.2) is 8.42 Å². The van der Waals surface area contributed by atoms with Crippen molar-refractivity contribution in [2.75, 3.05) is 26.7 Å². The Morgan fingerprint density at radius 3 is 2.69 bits per heavy atom. The molecular formula is C26H32N4O4S. The van der Waals surface area contributed by atoms with Gasteiger partial charge in [-0.2, -0.15) is 4.31 Å². The molecule has 9 heteroatoms. The molecule has 0 radical (unpaired) electrons. The van der Waals surface area contributed by atoms with Crippen molar-refractivity contribution in [2.45, 2.75) is 37.4 Å². The molecule has 0 fully saturated rings. The van der Waals surface area contributed by atoms with E-state index in [2.05, 4.69) is 14.9 Å². The number of rotatable bonds is 7. The highest BCUT2D eigenvalue weighted by Gasteiger charge is 2.38. The highest BCUT2D eigenvalue weighted by molar-refractivity contribution is 7.89. The van der Waals surface area contributed by atoms with Gasteiger partial charge in [0.1, 0.15) is 16.7 Å². The number of ether oxygens (including phenoxy) is 1. The lowest BCUT2D eigenvalue weighted by molar-refractivity contribution is 0.0731. The monoisotopic (exact) mass is 496 g/mol. The molecule has 0 aliphatic carbocycles. The summed E-state index contributed by atoms with van der Waals surface area (Å²) in [6.07, 6.45) is 4.92. The fraction of sp³-hybridized carbons (Fsp3) is 0.385. The van der Waals surface area contributed by atoms with Crippen molar-refractivity contribution in [1.29, 1.82) is 0 Å². The van der Waals surface area contributed by atoms with Crippen LogP contribution in [0.15, 0.2) is 72.0 Å². The number of aliphatic hydroxyl groups excluding tert-OH is 1. The molecule has 3 aromatic rings. The predicted octanol–water partition coefficient (Wildman–Crippen LogP) is 3.04. The summed E-state index contributed by atoms with van der Waals surface area (Å²) < 4.78 is 35.2. The van der Waals surface area contributed by atoms with Crippen molar-refractivity contribution in [1.82, 2.24) is 19.2 Å². The highest BCUT2D eigenvalue weighted by atomic mass is 32.2. The van der Waals surface area contributed by atoms with Crippen molar-refractivity contribution >= 4 is 10.0 Å². The maximum Gasteiger partial charge on any atom is 0.247 e. The minimum absolute atomic E-state index is 0.106. The molecule has 2 aromatic heterocycles. The summed E-state index contributed by atoms with van der Waals surface area (Å²) in [5, 5.41) is 9.82. The first-order valence-corrected chi connectivity index (χ1v) is 13.2. The Bertz CT molecular complexity index is 1220. The number of likely N-dealkylation sites (N-methyl/N-ethyl adjacent to an activating group) is 1. The molecule has 1 aromatic carbocycles. The third-order valence-corrected chi connectivity index (χ3v) is 8.33. The van der Waals surface area contributed by atoms with Gasteiger partial charge in [0.2, 0.25) is 10.0 Å². The maximum atomic E-state index is 13.6. The molecule has 1 aliphatic rings. The van der Waals surface area contributed by atoms with E-state index in [1.807, 2.05) is 44.3 Å². The summed E-state index contributed by atoms with van der Waals surface area (Å²) in [7, 11) is -1.88. The van der Waals surface area contributed by atoms with E-state index in [-0.39, 0.29) is 30.1 Å². The number of aliphatic hydroxyl groups is 1. The number of fused-ring (bicyclic) bond motifs is 1. The summed E-state index contributed by atoms with van der Waals surface area (Å²) in [6.45, 7) is 4.91. The second-order valence-electron chi connectivity index (χ2n) is 9.16. The van der Waals surface area contributed by atoms with E-state index >= 15 is 0 Å². The largest absolute Gasteiger partial charge is 0.487 e. The highest BCUT2D eigenvalue weighted by Crippen LogP contribution is 2.36. The van der Waals surface area contributed by atoms with E-state index in [9.17, 15) is 13.5 Å². The number of nitrogens with zero attached hydrogens (tertiary/aromatic N) is 4. The molecule has 0 bridgehead atoms. The van der Waals surface area contributed by atoms with Crippen LogP contribution in [0.4, 0.5) is 0 Å². The van der Waals surface area contributed by atoms with Crippen molar-refractivity contribution < 1.29 is 18.3 Å². The van der Waals surface area contributed by atoms with Gasteiger partial charge in [0.25, 0.3) is 0 Å². The zero-order valence-electron chi connectivity index (χ0n) is 20.3. The minimum Gasteiger partial charge on any atom is -0.487 e. The molecule has 8 nitrogen and oxygen atoms in total. The summed E-state index contributed by atoms with van der Waals surface area (Å²) in [4.78, 5) is 10.8. The van der Waals surface area contributed by atoms with Gasteiger partial charge in [-0.15, -0.1) is 0 Å². The fourth-order valence-corrected chi connectivity index (χ4v) is 6.12. The van der Waals surface area contributed by atoms with E-state index in [1.165, 1.54) is 4.31 Å². The van der Waals surface area contributed by atoms with Crippen LogP contribution in [-0.4, -0.2) is 71.6 Å². The first-order valence-electron chi connectivity index (χ1n) is 11.7. The predicted molar refractivity (Wildman–Crippen MR) is 134 cm³/mol. The zero-order chi connectivity index (χ0) is 25.0. The van der Waals surface area contributed by atoms with E-state index in [1.54, 1.807) is 43.7 Å². The first kappa shape index (κ1) is 25.2. The average molecular weight is 497 g/mol. The van der Waals surface area contributed by atoms with Crippen LogP contribution < -0.4 is 4.74 Å². The van der Waals surface area contributed by atoms with Gasteiger partial charge in [0.15, 0.2) is 0 Å². The second-order valence-corrected chi connectivity index (χ2v) is 11.0. The first-order chi connectivity index (χ1) is 16.8.